The number of amides is 2. The molecule has 4 N–H and O–H groups in total. The molecule has 0 atom stereocenters. The van der Waals surface area contributed by atoms with Crippen LogP contribution in [0.3, 0.4) is 0 Å². The number of nitrogens with one attached hydrogen (secondary N) is 2. The van der Waals surface area contributed by atoms with Crippen molar-refractivity contribution in [2.45, 2.75) is 13.0 Å². The number of anilines is 1. The monoisotopic (exact) mass is 276 g/mol. The molecule has 1 aliphatic rings. The molecule has 1 aromatic carbocycles. The minimum Gasteiger partial charge on any atom is -0.366 e. The summed E-state index contributed by atoms with van der Waals surface area (Å²) < 4.78 is 0. The van der Waals surface area contributed by atoms with Crippen LogP contribution in [0.15, 0.2) is 24.3 Å². The lowest BCUT2D eigenvalue weighted by atomic mass is 10.1. The fourth-order valence-electron chi connectivity index (χ4n) is 2.21. The van der Waals surface area contributed by atoms with Crippen LogP contribution in [0, 0.1) is 0 Å². The molecule has 0 bridgehead atoms. The SMILES string of the molecule is CCN(CC(=O)Nc1ccccc1C(N)=O)C1CNC1. The largest absolute Gasteiger partial charge is 0.366 e. The van der Waals surface area contributed by atoms with Crippen molar-refractivity contribution in [2.75, 3.05) is 31.5 Å². The summed E-state index contributed by atoms with van der Waals surface area (Å²) in [6.07, 6.45) is 0. The van der Waals surface area contributed by atoms with Crippen LogP contribution in [0.5, 0.6) is 0 Å². The Kier molecular flexibility index (Phi) is 4.70. The van der Waals surface area contributed by atoms with Crippen LogP contribution in [0.1, 0.15) is 17.3 Å². The van der Waals surface area contributed by atoms with Gasteiger partial charge in [-0.15, -0.1) is 0 Å². The fourth-order valence-corrected chi connectivity index (χ4v) is 2.21. The van der Waals surface area contributed by atoms with E-state index in [0.29, 0.717) is 23.8 Å². The van der Waals surface area contributed by atoms with Gasteiger partial charge in [0, 0.05) is 19.1 Å². The highest BCUT2D eigenvalue weighted by atomic mass is 16.2. The number of hydrogen-bond acceptors (Lipinski definition) is 4. The first-order valence-corrected chi connectivity index (χ1v) is 6.75. The molecule has 1 saturated heterocycles. The van der Waals surface area contributed by atoms with Gasteiger partial charge in [0.1, 0.15) is 0 Å². The summed E-state index contributed by atoms with van der Waals surface area (Å²) in [5, 5.41) is 5.95. The predicted molar refractivity (Wildman–Crippen MR) is 77.5 cm³/mol. The van der Waals surface area contributed by atoms with Crippen LogP contribution in [0.25, 0.3) is 0 Å². The van der Waals surface area contributed by atoms with Crippen molar-refractivity contribution in [3.05, 3.63) is 29.8 Å². The highest BCUT2D eigenvalue weighted by Gasteiger charge is 2.25. The zero-order valence-electron chi connectivity index (χ0n) is 11.6. The van der Waals surface area contributed by atoms with E-state index in [2.05, 4.69) is 15.5 Å². The van der Waals surface area contributed by atoms with Crippen LogP contribution < -0.4 is 16.4 Å². The second-order valence-corrected chi connectivity index (χ2v) is 4.83. The summed E-state index contributed by atoms with van der Waals surface area (Å²) in [6.45, 7) is 4.99. The van der Waals surface area contributed by atoms with Crippen LogP contribution in [-0.4, -0.2) is 48.9 Å². The molecule has 1 aromatic rings. The molecule has 0 spiro atoms. The number of rotatable bonds is 6. The van der Waals surface area contributed by atoms with Gasteiger partial charge in [0.05, 0.1) is 17.8 Å². The van der Waals surface area contributed by atoms with Gasteiger partial charge in [-0.25, -0.2) is 0 Å². The van der Waals surface area contributed by atoms with E-state index in [-0.39, 0.29) is 5.91 Å². The number of primary amides is 1. The Labute approximate surface area is 118 Å². The smallest absolute Gasteiger partial charge is 0.250 e. The minimum absolute atomic E-state index is 0.132. The van der Waals surface area contributed by atoms with Gasteiger partial charge in [0.25, 0.3) is 5.91 Å². The first-order chi connectivity index (χ1) is 9.61. The molecule has 0 unspecified atom stereocenters. The third-order valence-electron chi connectivity index (χ3n) is 3.50. The normalized spacial score (nSPS) is 14.9. The van der Waals surface area contributed by atoms with Crippen LogP contribution in [0.2, 0.25) is 0 Å². The zero-order valence-corrected chi connectivity index (χ0v) is 11.6. The first kappa shape index (κ1) is 14.5. The summed E-state index contributed by atoms with van der Waals surface area (Å²) in [5.41, 5.74) is 6.08. The molecule has 108 valence electrons. The lowest BCUT2D eigenvalue weighted by Crippen LogP contribution is -2.58. The molecule has 0 aliphatic carbocycles. The standard InChI is InChI=1S/C14H20N4O2/c1-2-18(10-7-16-8-10)9-13(19)17-12-6-4-3-5-11(12)14(15)20/h3-6,10,16H,2,7-9H2,1H3,(H2,15,20)(H,17,19). The van der Waals surface area contributed by atoms with Gasteiger partial charge >= 0.3 is 0 Å². The van der Waals surface area contributed by atoms with E-state index >= 15 is 0 Å². The van der Waals surface area contributed by atoms with E-state index in [1.54, 1.807) is 24.3 Å². The number of carbonyl (C=O) groups is 2. The zero-order chi connectivity index (χ0) is 14.5. The number of nitrogens with zero attached hydrogens (tertiary/aromatic N) is 1. The van der Waals surface area contributed by atoms with E-state index in [1.807, 2.05) is 6.92 Å². The number of hydrogen-bond donors (Lipinski definition) is 3. The summed E-state index contributed by atoms with van der Waals surface area (Å²) >= 11 is 0. The van der Waals surface area contributed by atoms with Gasteiger partial charge in [0.2, 0.25) is 5.91 Å². The highest BCUT2D eigenvalue weighted by Crippen LogP contribution is 2.14. The molecular weight excluding hydrogens is 256 g/mol. The third-order valence-corrected chi connectivity index (χ3v) is 3.50. The average molecular weight is 276 g/mol. The number of likely N-dealkylation sites (N-methyl/N-ethyl adjacent to an activating group) is 1. The number of carbonyl (C=O) groups excluding carboxylic acids is 2. The van der Waals surface area contributed by atoms with Crippen molar-refractivity contribution in [3.63, 3.8) is 0 Å². The van der Waals surface area contributed by atoms with Gasteiger partial charge in [-0.2, -0.15) is 0 Å². The van der Waals surface area contributed by atoms with Crippen LogP contribution >= 0.6 is 0 Å². The topological polar surface area (TPSA) is 87.5 Å². The van der Waals surface area contributed by atoms with Crippen molar-refractivity contribution in [2.24, 2.45) is 5.73 Å². The maximum atomic E-state index is 12.1. The van der Waals surface area contributed by atoms with Crippen LogP contribution in [-0.2, 0) is 4.79 Å². The van der Waals surface area contributed by atoms with Gasteiger partial charge in [-0.05, 0) is 18.7 Å². The lowest BCUT2D eigenvalue weighted by molar-refractivity contribution is -0.118. The Hall–Kier alpha value is -1.92. The molecule has 20 heavy (non-hydrogen) atoms. The Bertz CT molecular complexity index is 500. The quantitative estimate of drug-likeness (QED) is 0.683. The number of nitrogens with two attached hydrogens (primary N) is 1. The molecule has 1 heterocycles. The number of para-hydroxylation sites is 1. The number of benzene rings is 1. The van der Waals surface area contributed by atoms with Crippen molar-refractivity contribution in [1.82, 2.24) is 10.2 Å². The van der Waals surface area contributed by atoms with E-state index < -0.39 is 5.91 Å². The van der Waals surface area contributed by atoms with Crippen molar-refractivity contribution < 1.29 is 9.59 Å². The van der Waals surface area contributed by atoms with E-state index in [9.17, 15) is 9.59 Å². The predicted octanol–water partition coefficient (Wildman–Crippen LogP) is 0.0177. The Morgan fingerprint density at radius 2 is 2.10 bits per heavy atom. The molecule has 1 fully saturated rings. The Balaban J connectivity index is 1.98. The maximum Gasteiger partial charge on any atom is 0.250 e. The second kappa shape index (κ2) is 6.49. The van der Waals surface area contributed by atoms with Gasteiger partial charge in [-0.1, -0.05) is 19.1 Å². The molecule has 6 heteroatoms. The molecular formula is C14H20N4O2. The molecule has 6 nitrogen and oxygen atoms in total. The van der Waals surface area contributed by atoms with Gasteiger partial charge in [-0.3, -0.25) is 14.5 Å². The summed E-state index contributed by atoms with van der Waals surface area (Å²) in [5.74, 6) is -0.677. The summed E-state index contributed by atoms with van der Waals surface area (Å²) in [7, 11) is 0. The average Bonchev–Trinajstić information content (AvgIpc) is 2.36. The molecule has 1 aliphatic heterocycles. The highest BCUT2D eigenvalue weighted by molar-refractivity contribution is 6.03. The maximum absolute atomic E-state index is 12.1. The molecule has 0 saturated carbocycles. The van der Waals surface area contributed by atoms with Crippen molar-refractivity contribution in [3.8, 4) is 0 Å². The fraction of sp³-hybridized carbons (Fsp3) is 0.429. The third kappa shape index (κ3) is 3.34. The van der Waals surface area contributed by atoms with Crippen LogP contribution in [0.4, 0.5) is 5.69 Å². The van der Waals surface area contributed by atoms with Gasteiger partial charge in [0.15, 0.2) is 0 Å². The molecule has 0 aromatic heterocycles. The minimum atomic E-state index is -0.545. The summed E-state index contributed by atoms with van der Waals surface area (Å²) in [4.78, 5) is 25.5. The molecule has 0 radical (unpaired) electrons. The van der Waals surface area contributed by atoms with E-state index in [4.69, 9.17) is 5.73 Å². The molecule has 2 rings (SSSR count). The summed E-state index contributed by atoms with van der Waals surface area (Å²) in [6, 6.07) is 7.17. The van der Waals surface area contributed by atoms with Gasteiger partial charge < -0.3 is 16.4 Å². The first-order valence-electron chi connectivity index (χ1n) is 6.75. The lowest BCUT2D eigenvalue weighted by Gasteiger charge is -2.37. The van der Waals surface area contributed by atoms with E-state index in [0.717, 1.165) is 19.6 Å². The molecule has 2 amide bonds. The van der Waals surface area contributed by atoms with E-state index in [1.165, 1.54) is 0 Å². The second-order valence-electron chi connectivity index (χ2n) is 4.83. The Morgan fingerprint density at radius 3 is 2.65 bits per heavy atom. The van der Waals surface area contributed by atoms with Crippen molar-refractivity contribution in [1.29, 1.82) is 0 Å². The van der Waals surface area contributed by atoms with Crippen molar-refractivity contribution >= 4 is 17.5 Å². The Morgan fingerprint density at radius 1 is 1.40 bits per heavy atom.